The van der Waals surface area contributed by atoms with Gasteiger partial charge in [-0.15, -0.1) is 5.10 Å². The number of hydrogen-bond acceptors (Lipinski definition) is 7. The number of anilines is 4. The standard InChI is InChI=1S/C16H12BrN5O2/c17-10-1-3-11(4-2-10)20-16-21-15(8-18-22-16)19-12-5-6-13-14(7-12)24-9-23-13/h1-8H,9H2,(H2,19,20,21,22). The quantitative estimate of drug-likeness (QED) is 0.705. The third kappa shape index (κ3) is 3.23. The van der Waals surface area contributed by atoms with E-state index in [0.29, 0.717) is 17.5 Å². The van der Waals surface area contributed by atoms with Gasteiger partial charge in [0.25, 0.3) is 0 Å². The smallest absolute Gasteiger partial charge is 0.249 e. The Hall–Kier alpha value is -2.87. The predicted octanol–water partition coefficient (Wildman–Crippen LogP) is 3.85. The molecule has 1 aromatic heterocycles. The molecule has 2 N–H and O–H groups in total. The third-order valence-electron chi connectivity index (χ3n) is 3.30. The number of halogens is 1. The van der Waals surface area contributed by atoms with Gasteiger partial charge in [0.1, 0.15) is 0 Å². The Labute approximate surface area is 146 Å². The van der Waals surface area contributed by atoms with Gasteiger partial charge in [-0.2, -0.15) is 10.1 Å². The van der Waals surface area contributed by atoms with Gasteiger partial charge in [0.2, 0.25) is 12.7 Å². The predicted molar refractivity (Wildman–Crippen MR) is 93.1 cm³/mol. The molecule has 0 unspecified atom stereocenters. The summed E-state index contributed by atoms with van der Waals surface area (Å²) in [5, 5.41) is 14.2. The van der Waals surface area contributed by atoms with E-state index in [1.165, 1.54) is 0 Å². The number of ether oxygens (including phenoxy) is 2. The van der Waals surface area contributed by atoms with Crippen molar-refractivity contribution >= 4 is 39.1 Å². The number of nitrogens with zero attached hydrogens (tertiary/aromatic N) is 3. The summed E-state index contributed by atoms with van der Waals surface area (Å²) in [6, 6.07) is 13.3. The van der Waals surface area contributed by atoms with Gasteiger partial charge >= 0.3 is 0 Å². The van der Waals surface area contributed by atoms with Crippen molar-refractivity contribution in [1.82, 2.24) is 15.2 Å². The molecule has 7 nitrogen and oxygen atoms in total. The minimum atomic E-state index is 0.245. The van der Waals surface area contributed by atoms with E-state index in [1.807, 2.05) is 42.5 Å². The van der Waals surface area contributed by atoms with Crippen LogP contribution in [0.15, 0.2) is 53.1 Å². The number of hydrogen-bond donors (Lipinski definition) is 2. The van der Waals surface area contributed by atoms with Crippen LogP contribution >= 0.6 is 15.9 Å². The number of benzene rings is 2. The Kier molecular flexibility index (Phi) is 3.87. The van der Waals surface area contributed by atoms with Crippen molar-refractivity contribution in [3.05, 3.63) is 53.1 Å². The third-order valence-corrected chi connectivity index (χ3v) is 3.83. The van der Waals surface area contributed by atoms with Crippen LogP contribution in [0.1, 0.15) is 0 Å². The second kappa shape index (κ2) is 6.32. The highest BCUT2D eigenvalue weighted by Gasteiger charge is 2.13. The van der Waals surface area contributed by atoms with E-state index in [9.17, 15) is 0 Å². The van der Waals surface area contributed by atoms with Crippen molar-refractivity contribution in [1.29, 1.82) is 0 Å². The molecule has 8 heteroatoms. The highest BCUT2D eigenvalue weighted by molar-refractivity contribution is 9.10. The van der Waals surface area contributed by atoms with Crippen molar-refractivity contribution in [3.8, 4) is 11.5 Å². The first-order valence-corrected chi connectivity index (χ1v) is 7.94. The van der Waals surface area contributed by atoms with Crippen molar-refractivity contribution in [2.45, 2.75) is 0 Å². The van der Waals surface area contributed by atoms with E-state index in [1.54, 1.807) is 6.20 Å². The monoisotopic (exact) mass is 385 g/mol. The van der Waals surface area contributed by atoms with Gasteiger partial charge in [0, 0.05) is 21.9 Å². The molecule has 0 amide bonds. The minimum absolute atomic E-state index is 0.245. The Morgan fingerprint density at radius 1 is 0.917 bits per heavy atom. The summed E-state index contributed by atoms with van der Waals surface area (Å²) in [6.07, 6.45) is 1.55. The second-order valence-corrected chi connectivity index (χ2v) is 5.91. The maximum Gasteiger partial charge on any atom is 0.249 e. The van der Waals surface area contributed by atoms with Crippen LogP contribution in [-0.2, 0) is 0 Å². The molecule has 4 rings (SSSR count). The molecule has 3 aromatic rings. The summed E-state index contributed by atoms with van der Waals surface area (Å²) in [5.74, 6) is 2.42. The molecular weight excluding hydrogens is 374 g/mol. The molecule has 0 fully saturated rings. The minimum Gasteiger partial charge on any atom is -0.454 e. The van der Waals surface area contributed by atoms with E-state index in [4.69, 9.17) is 9.47 Å². The summed E-state index contributed by atoms with van der Waals surface area (Å²) < 4.78 is 11.7. The Balaban J connectivity index is 1.51. The zero-order valence-corrected chi connectivity index (χ0v) is 13.9. The van der Waals surface area contributed by atoms with Gasteiger partial charge < -0.3 is 20.1 Å². The van der Waals surface area contributed by atoms with E-state index < -0.39 is 0 Å². The molecule has 24 heavy (non-hydrogen) atoms. The fourth-order valence-electron chi connectivity index (χ4n) is 2.20. The van der Waals surface area contributed by atoms with Gasteiger partial charge in [-0.25, -0.2) is 0 Å². The number of rotatable bonds is 4. The first-order valence-electron chi connectivity index (χ1n) is 7.15. The zero-order valence-electron chi connectivity index (χ0n) is 12.4. The SMILES string of the molecule is Brc1ccc(Nc2nncc(Nc3ccc4c(c3)OCO4)n2)cc1. The molecular formula is C16H12BrN5O2. The molecule has 0 atom stereocenters. The number of aromatic nitrogens is 3. The topological polar surface area (TPSA) is 81.2 Å². The van der Waals surface area contributed by atoms with E-state index in [2.05, 4.69) is 41.7 Å². The highest BCUT2D eigenvalue weighted by Crippen LogP contribution is 2.34. The maximum atomic E-state index is 5.36. The summed E-state index contributed by atoms with van der Waals surface area (Å²) in [5.41, 5.74) is 1.70. The average molecular weight is 386 g/mol. The van der Waals surface area contributed by atoms with E-state index in [-0.39, 0.29) is 6.79 Å². The van der Waals surface area contributed by atoms with Gasteiger partial charge in [-0.3, -0.25) is 0 Å². The van der Waals surface area contributed by atoms with Crippen LogP contribution in [-0.4, -0.2) is 22.0 Å². The molecule has 0 aliphatic carbocycles. The average Bonchev–Trinajstić information content (AvgIpc) is 3.05. The first-order chi connectivity index (χ1) is 11.8. The normalized spacial score (nSPS) is 12.0. The molecule has 0 spiro atoms. The van der Waals surface area contributed by atoms with Crippen molar-refractivity contribution in [3.63, 3.8) is 0 Å². The van der Waals surface area contributed by atoms with Crippen LogP contribution in [0.4, 0.5) is 23.1 Å². The molecule has 0 saturated heterocycles. The molecule has 2 heterocycles. The highest BCUT2D eigenvalue weighted by atomic mass is 79.9. The summed E-state index contributed by atoms with van der Waals surface area (Å²) in [7, 11) is 0. The molecule has 1 aliphatic rings. The van der Waals surface area contributed by atoms with Gasteiger partial charge in [0.05, 0.1) is 6.20 Å². The molecule has 0 saturated carbocycles. The molecule has 1 aliphatic heterocycles. The largest absolute Gasteiger partial charge is 0.454 e. The Morgan fingerprint density at radius 2 is 1.71 bits per heavy atom. The molecule has 2 aromatic carbocycles. The molecule has 120 valence electrons. The number of nitrogens with one attached hydrogen (secondary N) is 2. The van der Waals surface area contributed by atoms with Crippen molar-refractivity contribution in [2.24, 2.45) is 0 Å². The van der Waals surface area contributed by atoms with Gasteiger partial charge in [-0.1, -0.05) is 15.9 Å². The fourth-order valence-corrected chi connectivity index (χ4v) is 2.47. The van der Waals surface area contributed by atoms with Gasteiger partial charge in [-0.05, 0) is 36.4 Å². The lowest BCUT2D eigenvalue weighted by molar-refractivity contribution is 0.174. The summed E-state index contributed by atoms with van der Waals surface area (Å²) >= 11 is 3.40. The first kappa shape index (κ1) is 14.7. The van der Waals surface area contributed by atoms with Crippen molar-refractivity contribution < 1.29 is 9.47 Å². The van der Waals surface area contributed by atoms with E-state index in [0.717, 1.165) is 21.6 Å². The van der Waals surface area contributed by atoms with Gasteiger partial charge in [0.15, 0.2) is 17.3 Å². The van der Waals surface area contributed by atoms with Crippen LogP contribution in [0.3, 0.4) is 0 Å². The van der Waals surface area contributed by atoms with Crippen LogP contribution in [0.25, 0.3) is 0 Å². The second-order valence-electron chi connectivity index (χ2n) is 4.99. The lowest BCUT2D eigenvalue weighted by Crippen LogP contribution is -2.02. The van der Waals surface area contributed by atoms with E-state index >= 15 is 0 Å². The molecule has 0 bridgehead atoms. The van der Waals surface area contributed by atoms with Crippen LogP contribution in [0.5, 0.6) is 11.5 Å². The lowest BCUT2D eigenvalue weighted by atomic mass is 10.3. The lowest BCUT2D eigenvalue weighted by Gasteiger charge is -2.08. The summed E-state index contributed by atoms with van der Waals surface area (Å²) in [6.45, 7) is 0.245. The fraction of sp³-hybridized carbons (Fsp3) is 0.0625. The Morgan fingerprint density at radius 3 is 2.58 bits per heavy atom. The maximum absolute atomic E-state index is 5.36. The number of fused-ring (bicyclic) bond motifs is 1. The zero-order chi connectivity index (χ0) is 16.4. The van der Waals surface area contributed by atoms with Crippen LogP contribution < -0.4 is 20.1 Å². The molecule has 0 radical (unpaired) electrons. The van der Waals surface area contributed by atoms with Crippen molar-refractivity contribution in [2.75, 3.05) is 17.4 Å². The van der Waals surface area contributed by atoms with Crippen LogP contribution in [0.2, 0.25) is 0 Å². The summed E-state index contributed by atoms with van der Waals surface area (Å²) in [4.78, 5) is 4.40. The van der Waals surface area contributed by atoms with Crippen LogP contribution in [0, 0.1) is 0 Å². The Bertz CT molecular complexity index is 873.